The second kappa shape index (κ2) is 4.12. The fourth-order valence-corrected chi connectivity index (χ4v) is 2.30. The molecule has 0 fully saturated rings. The summed E-state index contributed by atoms with van der Waals surface area (Å²) in [6, 6.07) is 4.15. The highest BCUT2D eigenvalue weighted by Crippen LogP contribution is 2.26. The minimum absolute atomic E-state index is 0.450. The highest BCUT2D eigenvalue weighted by Gasteiger charge is 2.15. The third-order valence-corrected chi connectivity index (χ3v) is 2.87. The molecule has 0 saturated heterocycles. The van der Waals surface area contributed by atoms with Crippen LogP contribution in [0.2, 0.25) is 0 Å². The van der Waals surface area contributed by atoms with Gasteiger partial charge in [0.25, 0.3) is 0 Å². The molecule has 0 aliphatic carbocycles. The summed E-state index contributed by atoms with van der Waals surface area (Å²) >= 11 is 3.47. The van der Waals surface area contributed by atoms with Crippen molar-refractivity contribution in [2.45, 2.75) is 19.6 Å². The Kier molecular flexibility index (Phi) is 2.85. The Balaban J connectivity index is 2.48. The number of hydrogen-bond donors (Lipinski definition) is 0. The summed E-state index contributed by atoms with van der Waals surface area (Å²) in [4.78, 5) is 3.43. The number of fused-ring (bicyclic) bond motifs is 1. The van der Waals surface area contributed by atoms with Crippen molar-refractivity contribution in [1.29, 1.82) is 0 Å². The van der Waals surface area contributed by atoms with Crippen LogP contribution in [0.5, 0.6) is 0 Å². The van der Waals surface area contributed by atoms with Gasteiger partial charge in [-0.1, -0.05) is 15.9 Å². The normalized spacial score (nSPS) is 14.6. The molecular weight excluding hydrogens is 242 g/mol. The first-order valence-corrected chi connectivity index (χ1v) is 5.31. The second-order valence-electron chi connectivity index (χ2n) is 3.32. The lowest BCUT2D eigenvalue weighted by Gasteiger charge is -2.18. The van der Waals surface area contributed by atoms with E-state index in [4.69, 9.17) is 11.3 Å². The van der Waals surface area contributed by atoms with Gasteiger partial charge in [0, 0.05) is 10.0 Å². The van der Waals surface area contributed by atoms with Crippen LogP contribution in [0, 0.1) is 6.57 Å². The first-order valence-electron chi connectivity index (χ1n) is 4.52. The first-order chi connectivity index (χ1) is 6.81. The fraction of sp³-hybridized carbons (Fsp3) is 0.364. The molecular formula is C11H10BrNO. The number of hydrogen-bond acceptors (Lipinski definition) is 1. The van der Waals surface area contributed by atoms with E-state index in [0.717, 1.165) is 23.1 Å². The lowest BCUT2D eigenvalue weighted by molar-refractivity contribution is 0.110. The average molecular weight is 252 g/mol. The molecule has 0 radical (unpaired) electrons. The summed E-state index contributed by atoms with van der Waals surface area (Å²) < 4.78 is 6.47. The Morgan fingerprint density at radius 2 is 2.36 bits per heavy atom. The predicted octanol–water partition coefficient (Wildman–Crippen LogP) is 2.94. The van der Waals surface area contributed by atoms with Crippen LogP contribution in [-0.4, -0.2) is 6.61 Å². The smallest absolute Gasteiger partial charge is 0.240 e. The van der Waals surface area contributed by atoms with Gasteiger partial charge in [-0.3, -0.25) is 0 Å². The summed E-state index contributed by atoms with van der Waals surface area (Å²) in [5.74, 6) is 0. The zero-order valence-corrected chi connectivity index (χ0v) is 9.30. The molecule has 1 aliphatic heterocycles. The van der Waals surface area contributed by atoms with Gasteiger partial charge in [0.1, 0.15) is 0 Å². The van der Waals surface area contributed by atoms with E-state index in [-0.39, 0.29) is 0 Å². The van der Waals surface area contributed by atoms with Gasteiger partial charge in [0.05, 0.1) is 13.2 Å². The fourth-order valence-electron chi connectivity index (χ4n) is 1.75. The van der Waals surface area contributed by atoms with Gasteiger partial charge in [-0.15, -0.1) is 0 Å². The highest BCUT2D eigenvalue weighted by molar-refractivity contribution is 9.10. The number of ether oxygens (including phenoxy) is 1. The minimum Gasteiger partial charge on any atom is -0.376 e. The maximum atomic E-state index is 6.90. The Labute approximate surface area is 91.8 Å². The Morgan fingerprint density at radius 1 is 1.50 bits per heavy atom. The van der Waals surface area contributed by atoms with E-state index in [0.29, 0.717) is 13.2 Å². The molecule has 1 heterocycles. The van der Waals surface area contributed by atoms with Crippen LogP contribution < -0.4 is 0 Å². The maximum absolute atomic E-state index is 6.90. The van der Waals surface area contributed by atoms with E-state index in [1.54, 1.807) is 0 Å². The summed E-state index contributed by atoms with van der Waals surface area (Å²) in [6.07, 6.45) is 0.958. The summed E-state index contributed by atoms with van der Waals surface area (Å²) in [5.41, 5.74) is 3.64. The molecule has 72 valence electrons. The molecule has 2 rings (SSSR count). The van der Waals surface area contributed by atoms with E-state index < -0.39 is 0 Å². The van der Waals surface area contributed by atoms with Crippen LogP contribution in [0.15, 0.2) is 16.6 Å². The Morgan fingerprint density at radius 3 is 3.14 bits per heavy atom. The van der Waals surface area contributed by atoms with Crippen LogP contribution >= 0.6 is 15.9 Å². The third kappa shape index (κ3) is 1.82. The zero-order valence-electron chi connectivity index (χ0n) is 7.72. The van der Waals surface area contributed by atoms with Crippen molar-refractivity contribution >= 4 is 15.9 Å². The van der Waals surface area contributed by atoms with Crippen LogP contribution in [-0.2, 0) is 24.3 Å². The number of nitrogens with zero attached hydrogens (tertiary/aromatic N) is 1. The average Bonchev–Trinajstić information content (AvgIpc) is 2.18. The van der Waals surface area contributed by atoms with E-state index in [1.807, 2.05) is 6.07 Å². The van der Waals surface area contributed by atoms with Gasteiger partial charge in [-0.05, 0) is 29.7 Å². The van der Waals surface area contributed by atoms with Crippen molar-refractivity contribution in [1.82, 2.24) is 0 Å². The number of benzene rings is 1. The monoisotopic (exact) mass is 251 g/mol. The molecule has 1 aromatic rings. The van der Waals surface area contributed by atoms with Gasteiger partial charge < -0.3 is 9.58 Å². The summed E-state index contributed by atoms with van der Waals surface area (Å²) in [5, 5.41) is 0. The van der Waals surface area contributed by atoms with Gasteiger partial charge in [0.15, 0.2) is 0 Å². The lowest BCUT2D eigenvalue weighted by atomic mass is 9.98. The lowest BCUT2D eigenvalue weighted by Crippen LogP contribution is -2.12. The van der Waals surface area contributed by atoms with Crippen LogP contribution in [0.3, 0.4) is 0 Å². The van der Waals surface area contributed by atoms with Crippen molar-refractivity contribution in [3.63, 3.8) is 0 Å². The molecule has 1 aliphatic rings. The van der Waals surface area contributed by atoms with E-state index in [1.165, 1.54) is 11.1 Å². The van der Waals surface area contributed by atoms with Gasteiger partial charge in [-0.25, -0.2) is 6.57 Å². The largest absolute Gasteiger partial charge is 0.376 e. The number of halogens is 1. The Bertz CT molecular complexity index is 395. The molecule has 0 atom stereocenters. The molecule has 1 aromatic carbocycles. The SMILES string of the molecule is [C-]#[N+]Cc1cc(Br)cc2c1COCC2. The quantitative estimate of drug-likeness (QED) is 0.700. The minimum atomic E-state index is 0.450. The summed E-state index contributed by atoms with van der Waals surface area (Å²) in [6.45, 7) is 8.80. The second-order valence-corrected chi connectivity index (χ2v) is 4.24. The molecule has 0 spiro atoms. The third-order valence-electron chi connectivity index (χ3n) is 2.41. The van der Waals surface area contributed by atoms with E-state index in [9.17, 15) is 0 Å². The maximum Gasteiger partial charge on any atom is 0.240 e. The Hall–Kier alpha value is -0.850. The van der Waals surface area contributed by atoms with Gasteiger partial charge in [0.2, 0.25) is 6.54 Å². The van der Waals surface area contributed by atoms with Crippen molar-refractivity contribution in [3.8, 4) is 0 Å². The van der Waals surface area contributed by atoms with E-state index >= 15 is 0 Å². The van der Waals surface area contributed by atoms with Gasteiger partial charge in [-0.2, -0.15) is 0 Å². The standard InChI is InChI=1S/C11H10BrNO/c1-13-6-9-5-10(12)4-8-2-3-14-7-11(8)9/h4-5H,2-3,6-7H2. The first kappa shape index (κ1) is 9.70. The van der Waals surface area contributed by atoms with Crippen molar-refractivity contribution in [2.75, 3.05) is 6.61 Å². The molecule has 0 amide bonds. The van der Waals surface area contributed by atoms with Crippen LogP contribution in [0.25, 0.3) is 4.85 Å². The molecule has 0 N–H and O–H groups in total. The van der Waals surface area contributed by atoms with Crippen LogP contribution in [0.4, 0.5) is 0 Å². The molecule has 0 saturated carbocycles. The van der Waals surface area contributed by atoms with E-state index in [2.05, 4.69) is 26.8 Å². The molecule has 0 unspecified atom stereocenters. The topological polar surface area (TPSA) is 13.6 Å². The van der Waals surface area contributed by atoms with Crippen molar-refractivity contribution < 1.29 is 4.74 Å². The molecule has 0 bridgehead atoms. The molecule has 14 heavy (non-hydrogen) atoms. The number of rotatable bonds is 1. The highest BCUT2D eigenvalue weighted by atomic mass is 79.9. The molecule has 0 aromatic heterocycles. The van der Waals surface area contributed by atoms with Crippen molar-refractivity contribution in [3.05, 3.63) is 44.7 Å². The van der Waals surface area contributed by atoms with Crippen LogP contribution in [0.1, 0.15) is 16.7 Å². The zero-order chi connectivity index (χ0) is 9.97. The molecule has 2 nitrogen and oxygen atoms in total. The predicted molar refractivity (Wildman–Crippen MR) is 57.8 cm³/mol. The van der Waals surface area contributed by atoms with Gasteiger partial charge >= 0.3 is 0 Å². The molecule has 3 heteroatoms. The van der Waals surface area contributed by atoms with Crippen molar-refractivity contribution in [2.24, 2.45) is 0 Å². The summed E-state index contributed by atoms with van der Waals surface area (Å²) in [7, 11) is 0.